The molecule has 214 valence electrons. The van der Waals surface area contributed by atoms with Gasteiger partial charge in [0, 0.05) is 46.0 Å². The molecule has 1 N–H and O–H groups in total. The third-order valence-electron chi connectivity index (χ3n) is 8.21. The second-order valence-electron chi connectivity index (χ2n) is 10.6. The largest absolute Gasteiger partial charge is 0.364 e. The number of anilines is 1. The van der Waals surface area contributed by atoms with Crippen LogP contribution >= 0.6 is 12.4 Å². The standard InChI is InChI=1S/C27H32N6O6.ClH/c1-5-6-9-33-22(35)18(21(34)28-25(33)38)13-16-7-8-19-17(12-16)14-27(20-15-29(2)10-11-32(19)20)23(36)30(3)26(39)31(4)24(27)37;/h7-8,12-13,20H,5-6,9-11,14-15H2,1-4H3,(H,28,34,38);1H. The van der Waals surface area contributed by atoms with E-state index in [2.05, 4.69) is 15.1 Å². The van der Waals surface area contributed by atoms with Gasteiger partial charge in [0.2, 0.25) is 11.8 Å². The molecule has 4 aliphatic heterocycles. The van der Waals surface area contributed by atoms with Crippen LogP contribution in [0.25, 0.3) is 6.08 Å². The number of amides is 8. The third kappa shape index (κ3) is 4.35. The number of imide groups is 4. The number of rotatable bonds is 4. The van der Waals surface area contributed by atoms with Gasteiger partial charge in [0.1, 0.15) is 5.57 Å². The molecule has 13 heteroatoms. The van der Waals surface area contributed by atoms with Crippen molar-refractivity contribution in [3.05, 3.63) is 34.9 Å². The third-order valence-corrected chi connectivity index (χ3v) is 8.21. The number of nitrogens with one attached hydrogen (secondary N) is 1. The number of piperazine rings is 1. The molecule has 3 fully saturated rings. The van der Waals surface area contributed by atoms with E-state index in [1.54, 1.807) is 12.1 Å². The van der Waals surface area contributed by atoms with Gasteiger partial charge in [0.25, 0.3) is 11.8 Å². The summed E-state index contributed by atoms with van der Waals surface area (Å²) >= 11 is 0. The van der Waals surface area contributed by atoms with E-state index in [0.717, 1.165) is 33.4 Å². The average molecular weight is 573 g/mol. The van der Waals surface area contributed by atoms with E-state index in [1.807, 2.05) is 20.0 Å². The lowest BCUT2D eigenvalue weighted by molar-refractivity contribution is -0.160. The highest BCUT2D eigenvalue weighted by molar-refractivity contribution is 6.31. The maximum Gasteiger partial charge on any atom is 0.332 e. The lowest BCUT2D eigenvalue weighted by Gasteiger charge is -2.55. The molecule has 4 heterocycles. The van der Waals surface area contributed by atoms with Crippen LogP contribution < -0.4 is 10.2 Å². The van der Waals surface area contributed by atoms with Crippen LogP contribution in [0.15, 0.2) is 23.8 Å². The maximum absolute atomic E-state index is 13.7. The summed E-state index contributed by atoms with van der Waals surface area (Å²) in [5, 5.41) is 2.23. The number of urea groups is 2. The first-order chi connectivity index (χ1) is 18.5. The summed E-state index contributed by atoms with van der Waals surface area (Å²) in [4.78, 5) is 85.1. The molecule has 0 radical (unpaired) electrons. The van der Waals surface area contributed by atoms with Gasteiger partial charge >= 0.3 is 12.1 Å². The Balaban J connectivity index is 0.00000370. The Morgan fingerprint density at radius 3 is 2.33 bits per heavy atom. The molecule has 0 bridgehead atoms. The molecule has 0 aromatic heterocycles. The lowest BCUT2D eigenvalue weighted by Crippen LogP contribution is -2.74. The number of benzene rings is 1. The van der Waals surface area contributed by atoms with Gasteiger partial charge in [-0.1, -0.05) is 19.4 Å². The van der Waals surface area contributed by atoms with Crippen LogP contribution in [-0.4, -0.2) is 109 Å². The number of halogens is 1. The van der Waals surface area contributed by atoms with Crippen LogP contribution in [0.5, 0.6) is 0 Å². The van der Waals surface area contributed by atoms with Crippen LogP contribution in [-0.2, 0) is 25.6 Å². The van der Waals surface area contributed by atoms with E-state index in [1.165, 1.54) is 20.2 Å². The highest BCUT2D eigenvalue weighted by Crippen LogP contribution is 2.47. The van der Waals surface area contributed by atoms with E-state index >= 15 is 0 Å². The quantitative estimate of drug-likeness (QED) is 0.322. The molecule has 8 amide bonds. The van der Waals surface area contributed by atoms with E-state index in [4.69, 9.17) is 0 Å². The topological polar surface area (TPSA) is 131 Å². The van der Waals surface area contributed by atoms with Crippen molar-refractivity contribution in [3.8, 4) is 0 Å². The Labute approximate surface area is 238 Å². The number of carbonyl (C=O) groups is 6. The number of hydrogen-bond donors (Lipinski definition) is 1. The highest BCUT2D eigenvalue weighted by Gasteiger charge is 2.63. The van der Waals surface area contributed by atoms with Crippen LogP contribution in [0, 0.1) is 5.41 Å². The van der Waals surface area contributed by atoms with Gasteiger partial charge in [-0.05, 0) is 49.2 Å². The fraction of sp³-hybridized carbons (Fsp3) is 0.481. The summed E-state index contributed by atoms with van der Waals surface area (Å²) in [5.74, 6) is -2.51. The van der Waals surface area contributed by atoms with Crippen LogP contribution in [0.2, 0.25) is 0 Å². The minimum absolute atomic E-state index is 0. The minimum Gasteiger partial charge on any atom is -0.364 e. The Hall–Kier alpha value is -3.77. The lowest BCUT2D eigenvalue weighted by atomic mass is 9.67. The van der Waals surface area contributed by atoms with Crippen molar-refractivity contribution in [2.45, 2.75) is 32.2 Å². The van der Waals surface area contributed by atoms with E-state index in [9.17, 15) is 28.8 Å². The van der Waals surface area contributed by atoms with Gasteiger partial charge in [-0.25, -0.2) is 9.59 Å². The predicted molar refractivity (Wildman–Crippen MR) is 148 cm³/mol. The van der Waals surface area contributed by atoms with Gasteiger partial charge in [-0.2, -0.15) is 0 Å². The summed E-state index contributed by atoms with van der Waals surface area (Å²) in [6.45, 7) is 3.91. The van der Waals surface area contributed by atoms with Crippen molar-refractivity contribution in [3.63, 3.8) is 0 Å². The fourth-order valence-corrected chi connectivity index (χ4v) is 6.07. The predicted octanol–water partition coefficient (Wildman–Crippen LogP) is 1.08. The number of carbonyl (C=O) groups excluding carboxylic acids is 6. The first-order valence-corrected chi connectivity index (χ1v) is 13.1. The zero-order valence-corrected chi connectivity index (χ0v) is 23.7. The second-order valence-corrected chi connectivity index (χ2v) is 10.6. The summed E-state index contributed by atoms with van der Waals surface area (Å²) in [7, 11) is 4.72. The number of nitrogens with zero attached hydrogens (tertiary/aromatic N) is 5. The van der Waals surface area contributed by atoms with Gasteiger partial charge in [-0.3, -0.25) is 39.2 Å². The average Bonchev–Trinajstić information content (AvgIpc) is 2.91. The van der Waals surface area contributed by atoms with Crippen molar-refractivity contribution in [1.29, 1.82) is 0 Å². The number of likely N-dealkylation sites (N-methyl/N-ethyl adjacent to an activating group) is 1. The molecule has 4 aliphatic rings. The Kier molecular flexibility index (Phi) is 7.79. The molecule has 1 aromatic rings. The van der Waals surface area contributed by atoms with Crippen LogP contribution in [0.1, 0.15) is 30.9 Å². The van der Waals surface area contributed by atoms with Gasteiger partial charge < -0.3 is 9.80 Å². The van der Waals surface area contributed by atoms with Crippen molar-refractivity contribution < 1.29 is 28.8 Å². The van der Waals surface area contributed by atoms with Gasteiger partial charge in [-0.15, -0.1) is 12.4 Å². The number of barbiturate groups is 2. The molecule has 5 rings (SSSR count). The summed E-state index contributed by atoms with van der Waals surface area (Å²) in [5.41, 5.74) is 0.414. The van der Waals surface area contributed by atoms with Crippen molar-refractivity contribution in [2.24, 2.45) is 5.41 Å². The fourth-order valence-electron chi connectivity index (χ4n) is 6.07. The first-order valence-electron chi connectivity index (χ1n) is 13.1. The second kappa shape index (κ2) is 10.7. The van der Waals surface area contributed by atoms with Crippen molar-refractivity contribution in [1.82, 2.24) is 24.9 Å². The number of hydrogen-bond acceptors (Lipinski definition) is 8. The van der Waals surface area contributed by atoms with E-state index < -0.39 is 47.1 Å². The molecule has 12 nitrogen and oxygen atoms in total. The summed E-state index contributed by atoms with van der Waals surface area (Å²) < 4.78 is 0. The first kappa shape index (κ1) is 29.2. The highest BCUT2D eigenvalue weighted by atomic mass is 35.5. The van der Waals surface area contributed by atoms with Gasteiger partial charge in [0.15, 0.2) is 5.41 Å². The maximum atomic E-state index is 13.7. The van der Waals surface area contributed by atoms with Crippen molar-refractivity contribution in [2.75, 3.05) is 52.2 Å². The smallest absolute Gasteiger partial charge is 0.332 e. The molecule has 1 unspecified atom stereocenters. The monoisotopic (exact) mass is 572 g/mol. The van der Waals surface area contributed by atoms with Gasteiger partial charge in [0.05, 0.1) is 6.04 Å². The van der Waals surface area contributed by atoms with Crippen molar-refractivity contribution >= 4 is 59.9 Å². The number of unbranched alkanes of at least 4 members (excludes halogenated alkanes) is 1. The van der Waals surface area contributed by atoms with E-state index in [0.29, 0.717) is 30.6 Å². The normalized spacial score (nSPS) is 23.9. The van der Waals surface area contributed by atoms with Crippen LogP contribution in [0.3, 0.4) is 0 Å². The molecule has 1 atom stereocenters. The molecule has 1 aromatic carbocycles. The molecular formula is C27H33ClN6O6. The Morgan fingerprint density at radius 1 is 1.00 bits per heavy atom. The molecule has 40 heavy (non-hydrogen) atoms. The molecule has 0 saturated carbocycles. The molecular weight excluding hydrogens is 540 g/mol. The molecule has 1 spiro atoms. The van der Waals surface area contributed by atoms with E-state index in [-0.39, 0.29) is 30.9 Å². The minimum atomic E-state index is -1.51. The Morgan fingerprint density at radius 2 is 1.68 bits per heavy atom. The Bertz CT molecular complexity index is 1320. The SMILES string of the molecule is CCCCN1C(=O)NC(=O)C(=Cc2ccc3c(c2)CC2(C(=O)N(C)C(=O)N(C)C2=O)C2CN(C)CCN32)C1=O.Cl. The molecule has 3 saturated heterocycles. The zero-order valence-electron chi connectivity index (χ0n) is 22.9. The van der Waals surface area contributed by atoms with Crippen LogP contribution in [0.4, 0.5) is 15.3 Å². The summed E-state index contributed by atoms with van der Waals surface area (Å²) in [6.07, 6.45) is 2.88. The number of fused-ring (bicyclic) bond motifs is 4. The summed E-state index contributed by atoms with van der Waals surface area (Å²) in [6, 6.07) is 3.53. The molecule has 0 aliphatic carbocycles. The zero-order chi connectivity index (χ0) is 28.2.